The molecule has 0 bridgehead atoms. The van der Waals surface area contributed by atoms with Crippen molar-refractivity contribution >= 4 is 17.0 Å². The minimum Gasteiger partial charge on any atom is -0.496 e. The number of aromatic nitrogens is 1. The number of hydrogen-bond acceptors (Lipinski definition) is 4. The molecular formula is C22H28N3O4+. The number of methoxy groups -OCH3 is 1. The summed E-state index contributed by atoms with van der Waals surface area (Å²) in [5.41, 5.74) is 2.38. The first kappa shape index (κ1) is 20.7. The second-order valence-corrected chi connectivity index (χ2v) is 7.27. The monoisotopic (exact) mass is 398 g/mol. The van der Waals surface area contributed by atoms with Gasteiger partial charge in [-0.25, -0.2) is 4.79 Å². The minimum absolute atomic E-state index is 0.0352. The summed E-state index contributed by atoms with van der Waals surface area (Å²) in [6.07, 6.45) is 0.900. The molecular weight excluding hydrogens is 370 g/mol. The lowest BCUT2D eigenvalue weighted by molar-refractivity contribution is -0.890. The molecule has 0 aliphatic carbocycles. The van der Waals surface area contributed by atoms with Gasteiger partial charge in [-0.3, -0.25) is 9.36 Å². The number of para-hydroxylation sites is 3. The molecule has 7 heteroatoms. The third kappa shape index (κ3) is 4.86. The highest BCUT2D eigenvalue weighted by molar-refractivity contribution is 5.76. The Bertz CT molecular complexity index is 1020. The summed E-state index contributed by atoms with van der Waals surface area (Å²) < 4.78 is 12.3. The third-order valence-corrected chi connectivity index (χ3v) is 5.07. The maximum absolute atomic E-state index is 12.4. The van der Waals surface area contributed by atoms with E-state index in [2.05, 4.69) is 19.4 Å². The van der Waals surface area contributed by atoms with Gasteiger partial charge in [0, 0.05) is 13.0 Å². The summed E-state index contributed by atoms with van der Waals surface area (Å²) in [6.45, 7) is 0.953. The molecule has 0 fully saturated rings. The highest BCUT2D eigenvalue weighted by Crippen LogP contribution is 2.22. The van der Waals surface area contributed by atoms with E-state index in [0.29, 0.717) is 31.5 Å². The van der Waals surface area contributed by atoms with Crippen LogP contribution < -0.4 is 20.7 Å². The van der Waals surface area contributed by atoms with Gasteiger partial charge in [-0.15, -0.1) is 0 Å². The Kier molecular flexibility index (Phi) is 6.72. The van der Waals surface area contributed by atoms with Crippen molar-refractivity contribution in [1.29, 1.82) is 0 Å². The molecule has 2 N–H and O–H groups in total. The molecule has 2 aromatic carbocycles. The molecule has 3 rings (SSSR count). The summed E-state index contributed by atoms with van der Waals surface area (Å²) in [7, 11) is 5.76. The average Bonchev–Trinajstić information content (AvgIpc) is 3.03. The number of nitrogens with zero attached hydrogens (tertiary/aromatic N) is 1. The maximum atomic E-state index is 12.4. The number of likely N-dealkylation sites (N-methyl/N-ethyl adjacent to an activating group) is 1. The highest BCUT2D eigenvalue weighted by Gasteiger charge is 2.22. The molecule has 1 atom stereocenters. The molecule has 0 spiro atoms. The first-order valence-corrected chi connectivity index (χ1v) is 9.79. The molecule has 0 saturated heterocycles. The molecule has 3 aromatic rings. The summed E-state index contributed by atoms with van der Waals surface area (Å²) in [4.78, 5) is 25.6. The summed E-state index contributed by atoms with van der Waals surface area (Å²) >= 11 is 0. The number of hydrogen-bond donors (Lipinski definition) is 2. The van der Waals surface area contributed by atoms with Gasteiger partial charge in [-0.2, -0.15) is 0 Å². The summed E-state index contributed by atoms with van der Waals surface area (Å²) in [5, 5.41) is 3.02. The van der Waals surface area contributed by atoms with Crippen LogP contribution in [0, 0.1) is 0 Å². The predicted octanol–water partition coefficient (Wildman–Crippen LogP) is 1.39. The third-order valence-electron chi connectivity index (χ3n) is 5.07. The normalized spacial score (nSPS) is 12.3. The van der Waals surface area contributed by atoms with E-state index in [1.807, 2.05) is 42.5 Å². The van der Waals surface area contributed by atoms with E-state index in [9.17, 15) is 9.59 Å². The fourth-order valence-corrected chi connectivity index (χ4v) is 3.51. The number of aryl methyl sites for hydroxylation is 1. The van der Waals surface area contributed by atoms with Crippen LogP contribution in [0.25, 0.3) is 11.1 Å². The van der Waals surface area contributed by atoms with Crippen molar-refractivity contribution in [3.05, 3.63) is 64.6 Å². The number of rotatable bonds is 9. The molecule has 1 amide bonds. The van der Waals surface area contributed by atoms with E-state index in [-0.39, 0.29) is 17.7 Å². The van der Waals surface area contributed by atoms with Crippen molar-refractivity contribution in [1.82, 2.24) is 9.88 Å². The Morgan fingerprint density at radius 2 is 1.90 bits per heavy atom. The fourth-order valence-electron chi connectivity index (χ4n) is 3.51. The standard InChI is InChI=1S/C22H27N3O4/c1-24(2)18(16-9-4-6-11-19(16)28-3)15-23-21(26)13-8-14-25-17-10-5-7-12-20(17)29-22(25)27/h4-7,9-12,18H,8,13-15H2,1-3H3,(H,23,26)/p+1/t18-/m0/s1. The maximum Gasteiger partial charge on any atom is 0.419 e. The first-order chi connectivity index (χ1) is 14.0. The van der Waals surface area contributed by atoms with Gasteiger partial charge in [-0.05, 0) is 30.7 Å². The SMILES string of the molecule is COc1ccccc1[C@H](CNC(=O)CCCn1c(=O)oc2ccccc21)[NH+](C)C. The van der Waals surface area contributed by atoms with E-state index in [1.165, 1.54) is 4.90 Å². The van der Waals surface area contributed by atoms with Gasteiger partial charge >= 0.3 is 5.76 Å². The van der Waals surface area contributed by atoms with Gasteiger partial charge < -0.3 is 19.4 Å². The second kappa shape index (κ2) is 9.43. The number of carbonyl (C=O) groups excluding carboxylic acids is 1. The number of fused-ring (bicyclic) bond motifs is 1. The van der Waals surface area contributed by atoms with Gasteiger partial charge in [0.25, 0.3) is 0 Å². The van der Waals surface area contributed by atoms with Crippen molar-refractivity contribution in [2.24, 2.45) is 0 Å². The second-order valence-electron chi connectivity index (χ2n) is 7.27. The van der Waals surface area contributed by atoms with E-state index < -0.39 is 0 Å². The molecule has 0 aliphatic rings. The molecule has 1 heterocycles. The van der Waals surface area contributed by atoms with Gasteiger partial charge in [0.1, 0.15) is 11.8 Å². The fraction of sp³-hybridized carbons (Fsp3) is 0.364. The lowest BCUT2D eigenvalue weighted by atomic mass is 10.0. The van der Waals surface area contributed by atoms with Crippen LogP contribution in [0.3, 0.4) is 0 Å². The van der Waals surface area contributed by atoms with E-state index in [4.69, 9.17) is 9.15 Å². The van der Waals surface area contributed by atoms with E-state index in [0.717, 1.165) is 16.8 Å². The molecule has 154 valence electrons. The molecule has 0 aliphatic heterocycles. The van der Waals surface area contributed by atoms with Crippen LogP contribution in [0.4, 0.5) is 0 Å². The van der Waals surface area contributed by atoms with Crippen LogP contribution in [0.15, 0.2) is 57.7 Å². The van der Waals surface area contributed by atoms with Gasteiger partial charge in [-0.1, -0.05) is 24.3 Å². The Morgan fingerprint density at radius 3 is 2.66 bits per heavy atom. The lowest BCUT2D eigenvalue weighted by Gasteiger charge is -2.23. The van der Waals surface area contributed by atoms with Crippen molar-refractivity contribution in [2.75, 3.05) is 27.7 Å². The number of nitrogens with one attached hydrogen (secondary N) is 2. The van der Waals surface area contributed by atoms with E-state index >= 15 is 0 Å². The summed E-state index contributed by atoms with van der Waals surface area (Å²) in [6, 6.07) is 15.2. The number of ether oxygens (including phenoxy) is 1. The number of carbonyl (C=O) groups is 1. The first-order valence-electron chi connectivity index (χ1n) is 9.79. The minimum atomic E-state index is -0.390. The van der Waals surface area contributed by atoms with Gasteiger partial charge in [0.2, 0.25) is 5.91 Å². The largest absolute Gasteiger partial charge is 0.496 e. The van der Waals surface area contributed by atoms with Crippen LogP contribution >= 0.6 is 0 Å². The van der Waals surface area contributed by atoms with Crippen molar-refractivity contribution in [3.63, 3.8) is 0 Å². The van der Waals surface area contributed by atoms with Gasteiger partial charge in [0.15, 0.2) is 5.58 Å². The number of amides is 1. The number of oxazole rings is 1. The van der Waals surface area contributed by atoms with Crippen LogP contribution in [-0.2, 0) is 11.3 Å². The van der Waals surface area contributed by atoms with E-state index in [1.54, 1.807) is 17.7 Å². The van der Waals surface area contributed by atoms with Crippen LogP contribution in [0.5, 0.6) is 5.75 Å². The Morgan fingerprint density at radius 1 is 1.17 bits per heavy atom. The molecule has 0 radical (unpaired) electrons. The quantitative estimate of drug-likeness (QED) is 0.571. The Labute approximate surface area is 169 Å². The zero-order valence-electron chi connectivity index (χ0n) is 17.1. The lowest BCUT2D eigenvalue weighted by Crippen LogP contribution is -3.07. The number of benzene rings is 2. The predicted molar refractivity (Wildman–Crippen MR) is 111 cm³/mol. The zero-order chi connectivity index (χ0) is 20.8. The molecule has 0 saturated carbocycles. The van der Waals surface area contributed by atoms with Crippen LogP contribution in [0.1, 0.15) is 24.4 Å². The number of quaternary nitrogens is 1. The van der Waals surface area contributed by atoms with Crippen LogP contribution in [0.2, 0.25) is 0 Å². The molecule has 7 nitrogen and oxygen atoms in total. The van der Waals surface area contributed by atoms with Crippen LogP contribution in [-0.4, -0.2) is 38.2 Å². The van der Waals surface area contributed by atoms with Crippen molar-refractivity contribution < 1.29 is 18.8 Å². The molecule has 29 heavy (non-hydrogen) atoms. The zero-order valence-corrected chi connectivity index (χ0v) is 17.1. The Hall–Kier alpha value is -3.06. The van der Waals surface area contributed by atoms with Gasteiger partial charge in [0.05, 0.1) is 38.8 Å². The molecule has 0 unspecified atom stereocenters. The smallest absolute Gasteiger partial charge is 0.419 e. The topological polar surface area (TPSA) is 77.9 Å². The van der Waals surface area contributed by atoms with Crippen molar-refractivity contribution in [3.8, 4) is 5.75 Å². The highest BCUT2D eigenvalue weighted by atomic mass is 16.5. The Balaban J connectivity index is 1.56. The summed E-state index contributed by atoms with van der Waals surface area (Å²) in [5.74, 6) is 0.394. The van der Waals surface area contributed by atoms with Crippen molar-refractivity contribution in [2.45, 2.75) is 25.4 Å². The molecule has 1 aromatic heterocycles. The average molecular weight is 398 g/mol.